The van der Waals surface area contributed by atoms with Crippen LogP contribution in [0.25, 0.3) is 0 Å². The van der Waals surface area contributed by atoms with Crippen molar-refractivity contribution in [1.29, 1.82) is 0 Å². The number of hydrogen-bond acceptors (Lipinski definition) is 2. The first kappa shape index (κ1) is 13.9. The third-order valence-electron chi connectivity index (χ3n) is 3.15. The summed E-state index contributed by atoms with van der Waals surface area (Å²) < 4.78 is 0. The molecule has 0 bridgehead atoms. The van der Waals surface area contributed by atoms with Crippen molar-refractivity contribution >= 4 is 0 Å². The highest BCUT2D eigenvalue weighted by molar-refractivity contribution is 4.63. The molecule has 0 aliphatic rings. The van der Waals surface area contributed by atoms with Crippen molar-refractivity contribution in [2.24, 2.45) is 17.6 Å². The van der Waals surface area contributed by atoms with Crippen LogP contribution >= 0.6 is 0 Å². The molecule has 2 atom stereocenters. The van der Waals surface area contributed by atoms with Gasteiger partial charge in [-0.15, -0.1) is 0 Å². The van der Waals surface area contributed by atoms with E-state index in [2.05, 4.69) is 32.7 Å². The molecule has 0 aromatic rings. The minimum atomic E-state index is 0.717. The van der Waals surface area contributed by atoms with E-state index in [0.29, 0.717) is 0 Å². The summed E-state index contributed by atoms with van der Waals surface area (Å²) in [5, 5.41) is 0. The van der Waals surface area contributed by atoms with Crippen LogP contribution in [0.4, 0.5) is 0 Å². The summed E-state index contributed by atoms with van der Waals surface area (Å²) in [6.45, 7) is 10.1. The molecular weight excluding hydrogens is 172 g/mol. The predicted octanol–water partition coefficient (Wildman–Crippen LogP) is 2.34. The first-order valence-corrected chi connectivity index (χ1v) is 6.02. The molecule has 0 heterocycles. The molecule has 0 saturated heterocycles. The van der Waals surface area contributed by atoms with E-state index in [-0.39, 0.29) is 0 Å². The Morgan fingerprint density at radius 1 is 1.21 bits per heavy atom. The third kappa shape index (κ3) is 6.39. The Balaban J connectivity index is 3.56. The Morgan fingerprint density at radius 3 is 2.29 bits per heavy atom. The highest BCUT2D eigenvalue weighted by atomic mass is 15.1. The molecule has 14 heavy (non-hydrogen) atoms. The lowest BCUT2D eigenvalue weighted by Crippen LogP contribution is -2.28. The summed E-state index contributed by atoms with van der Waals surface area (Å²) in [5.74, 6) is 1.53. The molecule has 86 valence electrons. The molecular formula is C12H28N2. The van der Waals surface area contributed by atoms with Crippen LogP contribution < -0.4 is 5.73 Å². The molecule has 2 N–H and O–H groups in total. The van der Waals surface area contributed by atoms with Crippen LogP contribution in [-0.4, -0.2) is 31.6 Å². The topological polar surface area (TPSA) is 29.3 Å². The van der Waals surface area contributed by atoms with Gasteiger partial charge in [-0.05, 0) is 38.4 Å². The van der Waals surface area contributed by atoms with Crippen molar-refractivity contribution in [2.45, 2.75) is 40.0 Å². The van der Waals surface area contributed by atoms with Gasteiger partial charge in [-0.25, -0.2) is 0 Å². The van der Waals surface area contributed by atoms with Crippen LogP contribution in [0, 0.1) is 11.8 Å². The zero-order chi connectivity index (χ0) is 11.0. The Hall–Kier alpha value is -0.0800. The molecule has 0 aliphatic heterocycles. The van der Waals surface area contributed by atoms with Gasteiger partial charge in [0.2, 0.25) is 0 Å². The average Bonchev–Trinajstić information content (AvgIpc) is 2.19. The van der Waals surface area contributed by atoms with Crippen LogP contribution in [0.15, 0.2) is 0 Å². The molecule has 0 aromatic carbocycles. The lowest BCUT2D eigenvalue weighted by atomic mass is 10.0. The van der Waals surface area contributed by atoms with E-state index < -0.39 is 0 Å². The van der Waals surface area contributed by atoms with E-state index in [9.17, 15) is 0 Å². The zero-order valence-electron chi connectivity index (χ0n) is 10.4. The maximum atomic E-state index is 5.68. The minimum Gasteiger partial charge on any atom is -0.330 e. The molecule has 0 fully saturated rings. The van der Waals surface area contributed by atoms with Gasteiger partial charge < -0.3 is 10.6 Å². The summed E-state index contributed by atoms with van der Waals surface area (Å²) in [5.41, 5.74) is 5.68. The Labute approximate surface area is 89.9 Å². The Bertz CT molecular complexity index is 121. The molecule has 0 saturated carbocycles. The van der Waals surface area contributed by atoms with Gasteiger partial charge in [0.15, 0.2) is 0 Å². The number of hydrogen-bond donors (Lipinski definition) is 1. The lowest BCUT2D eigenvalue weighted by molar-refractivity contribution is 0.260. The molecule has 2 heteroatoms. The molecule has 0 aliphatic carbocycles. The van der Waals surface area contributed by atoms with Crippen molar-refractivity contribution in [3.63, 3.8) is 0 Å². The second-order valence-corrected chi connectivity index (χ2v) is 4.57. The predicted molar refractivity (Wildman–Crippen MR) is 64.4 cm³/mol. The van der Waals surface area contributed by atoms with E-state index in [1.54, 1.807) is 0 Å². The lowest BCUT2D eigenvalue weighted by Gasteiger charge is -2.22. The van der Waals surface area contributed by atoms with Gasteiger partial charge in [-0.3, -0.25) is 0 Å². The van der Waals surface area contributed by atoms with Gasteiger partial charge in [0, 0.05) is 6.54 Å². The van der Waals surface area contributed by atoms with Crippen LogP contribution in [0.5, 0.6) is 0 Å². The molecule has 0 radical (unpaired) electrons. The van der Waals surface area contributed by atoms with Gasteiger partial charge in [0.05, 0.1) is 0 Å². The highest BCUT2D eigenvalue weighted by Crippen LogP contribution is 2.08. The monoisotopic (exact) mass is 200 g/mol. The van der Waals surface area contributed by atoms with Gasteiger partial charge in [0.25, 0.3) is 0 Å². The standard InChI is InChI=1S/C12H28N2/c1-5-11(3)10-14(4)8-7-12(6-2)9-13/h11-12H,5-10,13H2,1-4H3. The van der Waals surface area contributed by atoms with E-state index in [1.165, 1.54) is 32.4 Å². The number of rotatable bonds is 8. The minimum absolute atomic E-state index is 0.717. The van der Waals surface area contributed by atoms with Gasteiger partial charge >= 0.3 is 0 Å². The molecule has 0 amide bonds. The second kappa shape index (κ2) is 8.25. The van der Waals surface area contributed by atoms with E-state index in [0.717, 1.165) is 18.4 Å². The van der Waals surface area contributed by atoms with E-state index in [4.69, 9.17) is 5.73 Å². The van der Waals surface area contributed by atoms with Crippen LogP contribution in [0.3, 0.4) is 0 Å². The van der Waals surface area contributed by atoms with Gasteiger partial charge in [-0.2, -0.15) is 0 Å². The van der Waals surface area contributed by atoms with Crippen molar-refractivity contribution in [3.8, 4) is 0 Å². The normalized spacial score (nSPS) is 15.9. The Morgan fingerprint density at radius 2 is 1.86 bits per heavy atom. The van der Waals surface area contributed by atoms with Gasteiger partial charge in [-0.1, -0.05) is 33.6 Å². The zero-order valence-corrected chi connectivity index (χ0v) is 10.4. The summed E-state index contributed by atoms with van der Waals surface area (Å²) >= 11 is 0. The smallest absolute Gasteiger partial charge is 0.000387 e. The summed E-state index contributed by atoms with van der Waals surface area (Å²) in [6.07, 6.45) is 3.74. The van der Waals surface area contributed by atoms with Crippen molar-refractivity contribution in [2.75, 3.05) is 26.7 Å². The van der Waals surface area contributed by atoms with Crippen molar-refractivity contribution in [3.05, 3.63) is 0 Å². The fourth-order valence-electron chi connectivity index (χ4n) is 1.64. The maximum absolute atomic E-state index is 5.68. The molecule has 2 nitrogen and oxygen atoms in total. The highest BCUT2D eigenvalue weighted by Gasteiger charge is 2.07. The first-order valence-electron chi connectivity index (χ1n) is 6.02. The molecule has 0 aromatic heterocycles. The average molecular weight is 200 g/mol. The van der Waals surface area contributed by atoms with Crippen molar-refractivity contribution < 1.29 is 0 Å². The third-order valence-corrected chi connectivity index (χ3v) is 3.15. The molecule has 0 rings (SSSR count). The summed E-state index contributed by atoms with van der Waals surface area (Å²) in [6, 6.07) is 0. The molecule has 0 spiro atoms. The summed E-state index contributed by atoms with van der Waals surface area (Å²) in [7, 11) is 2.22. The molecule has 2 unspecified atom stereocenters. The summed E-state index contributed by atoms with van der Waals surface area (Å²) in [4.78, 5) is 2.44. The number of nitrogens with zero attached hydrogens (tertiary/aromatic N) is 1. The van der Waals surface area contributed by atoms with E-state index >= 15 is 0 Å². The van der Waals surface area contributed by atoms with E-state index in [1.807, 2.05) is 0 Å². The van der Waals surface area contributed by atoms with Crippen molar-refractivity contribution in [1.82, 2.24) is 4.90 Å². The van der Waals surface area contributed by atoms with Crippen LogP contribution in [0.1, 0.15) is 40.0 Å². The largest absolute Gasteiger partial charge is 0.330 e. The SMILES string of the molecule is CCC(C)CN(C)CCC(CC)CN. The number of nitrogens with two attached hydrogens (primary N) is 1. The fourth-order valence-corrected chi connectivity index (χ4v) is 1.64. The van der Waals surface area contributed by atoms with Crippen LogP contribution in [-0.2, 0) is 0 Å². The second-order valence-electron chi connectivity index (χ2n) is 4.57. The fraction of sp³-hybridized carbons (Fsp3) is 1.00. The maximum Gasteiger partial charge on any atom is 0.000387 e. The first-order chi connectivity index (χ1) is 6.63. The van der Waals surface area contributed by atoms with Crippen LogP contribution in [0.2, 0.25) is 0 Å². The quantitative estimate of drug-likeness (QED) is 0.651. The Kier molecular flexibility index (Phi) is 8.20. The van der Waals surface area contributed by atoms with Gasteiger partial charge in [0.1, 0.15) is 0 Å².